The number of esters is 1. The zero-order valence-corrected chi connectivity index (χ0v) is 19.9. The zero-order chi connectivity index (χ0) is 22.4. The van der Waals surface area contributed by atoms with Crippen molar-refractivity contribution in [2.45, 2.75) is 96.4 Å². The monoisotopic (exact) mass is 450 g/mol. The molecule has 1 aliphatic heterocycles. The third-order valence-corrected chi connectivity index (χ3v) is 10.7. The van der Waals surface area contributed by atoms with Crippen molar-refractivity contribution in [3.8, 4) is 0 Å². The smallest absolute Gasteiger partial charge is 0.306 e. The Hall–Kier alpha value is -0.940. The Bertz CT molecular complexity index is 842. The van der Waals surface area contributed by atoms with E-state index in [2.05, 4.69) is 20.8 Å². The number of alkyl halides is 1. The molecule has 0 aromatic heterocycles. The fraction of sp³-hybridized carbons (Fsp3) is 0.880. The van der Waals surface area contributed by atoms with E-state index in [0.717, 1.165) is 25.7 Å². The molecule has 0 aromatic rings. The van der Waals surface area contributed by atoms with Gasteiger partial charge >= 0.3 is 5.97 Å². The van der Waals surface area contributed by atoms with Gasteiger partial charge in [-0.15, -0.1) is 11.6 Å². The maximum Gasteiger partial charge on any atom is 0.306 e. The predicted molar refractivity (Wildman–Crippen MR) is 116 cm³/mol. The Morgan fingerprint density at radius 1 is 1.19 bits per heavy atom. The average molecular weight is 451 g/mol. The summed E-state index contributed by atoms with van der Waals surface area (Å²) in [6.07, 6.45) is 6.16. The second kappa shape index (κ2) is 6.79. The van der Waals surface area contributed by atoms with E-state index in [1.807, 2.05) is 0 Å². The van der Waals surface area contributed by atoms with Gasteiger partial charge in [0.05, 0.1) is 12.0 Å². The van der Waals surface area contributed by atoms with Gasteiger partial charge in [-0.1, -0.05) is 27.7 Å². The van der Waals surface area contributed by atoms with E-state index in [4.69, 9.17) is 21.1 Å². The highest BCUT2D eigenvalue weighted by Crippen LogP contribution is 2.77. The first kappa shape index (κ1) is 21.9. The van der Waals surface area contributed by atoms with Crippen LogP contribution in [0.3, 0.4) is 0 Å². The van der Waals surface area contributed by atoms with Crippen LogP contribution in [0.15, 0.2) is 0 Å². The molecule has 4 aliphatic carbocycles. The van der Waals surface area contributed by atoms with E-state index < -0.39 is 11.0 Å². The zero-order valence-electron chi connectivity index (χ0n) is 19.2. The maximum atomic E-state index is 13.4. The van der Waals surface area contributed by atoms with Gasteiger partial charge in [0.1, 0.15) is 11.4 Å². The lowest BCUT2D eigenvalue weighted by Crippen LogP contribution is -2.64. The van der Waals surface area contributed by atoms with E-state index in [-0.39, 0.29) is 53.0 Å². The summed E-state index contributed by atoms with van der Waals surface area (Å²) >= 11 is 6.11. The highest BCUT2D eigenvalue weighted by Gasteiger charge is 2.83. The van der Waals surface area contributed by atoms with Gasteiger partial charge in [0.25, 0.3) is 0 Å². The fourth-order valence-corrected chi connectivity index (χ4v) is 9.24. The molecular formula is C25H35ClO5. The highest BCUT2D eigenvalue weighted by atomic mass is 35.5. The Labute approximate surface area is 189 Å². The van der Waals surface area contributed by atoms with Crippen LogP contribution in [0.25, 0.3) is 0 Å². The molecule has 5 rings (SSSR count). The number of fused-ring (bicyclic) bond motifs is 3. The van der Waals surface area contributed by atoms with E-state index in [1.165, 1.54) is 0 Å². The summed E-state index contributed by atoms with van der Waals surface area (Å²) in [6.45, 7) is 8.33. The molecule has 5 nitrogen and oxygen atoms in total. The molecule has 0 radical (unpaired) electrons. The number of ketones is 2. The minimum Gasteiger partial charge on any atom is -0.450 e. The summed E-state index contributed by atoms with van der Waals surface area (Å²) < 4.78 is 12.8. The summed E-state index contributed by atoms with van der Waals surface area (Å²) in [4.78, 5) is 38.1. The lowest BCUT2D eigenvalue weighted by Gasteiger charge is -2.59. The van der Waals surface area contributed by atoms with Gasteiger partial charge in [0.15, 0.2) is 11.4 Å². The van der Waals surface area contributed by atoms with Crippen molar-refractivity contribution < 1.29 is 23.9 Å². The molecule has 9 atom stereocenters. The van der Waals surface area contributed by atoms with Crippen molar-refractivity contribution in [2.24, 2.45) is 34.5 Å². The van der Waals surface area contributed by atoms with Gasteiger partial charge in [-0.05, 0) is 49.9 Å². The first-order chi connectivity index (χ1) is 14.6. The van der Waals surface area contributed by atoms with Crippen molar-refractivity contribution in [2.75, 3.05) is 5.88 Å². The van der Waals surface area contributed by atoms with Gasteiger partial charge in [0, 0.05) is 36.0 Å². The van der Waals surface area contributed by atoms with Crippen molar-refractivity contribution in [1.82, 2.24) is 0 Å². The van der Waals surface area contributed by atoms with Crippen LogP contribution in [0, 0.1) is 34.5 Å². The molecule has 1 heterocycles. The summed E-state index contributed by atoms with van der Waals surface area (Å²) in [5.41, 5.74) is -1.83. The molecule has 4 saturated carbocycles. The summed E-state index contributed by atoms with van der Waals surface area (Å²) in [7, 11) is 0. The maximum absolute atomic E-state index is 13.4. The van der Waals surface area contributed by atoms with Crippen LogP contribution in [0.4, 0.5) is 0 Å². The van der Waals surface area contributed by atoms with Crippen LogP contribution in [0.1, 0.15) is 79.1 Å². The Morgan fingerprint density at radius 2 is 1.94 bits per heavy atom. The Morgan fingerprint density at radius 3 is 2.61 bits per heavy atom. The molecule has 0 N–H and O–H groups in total. The number of epoxide rings is 1. The molecule has 0 amide bonds. The first-order valence-electron chi connectivity index (χ1n) is 12.1. The third kappa shape index (κ3) is 2.46. The van der Waals surface area contributed by atoms with Crippen molar-refractivity contribution in [3.05, 3.63) is 0 Å². The summed E-state index contributed by atoms with van der Waals surface area (Å²) in [5, 5.41) is 0. The molecule has 172 valence electrons. The van der Waals surface area contributed by atoms with Crippen LogP contribution in [0.2, 0.25) is 0 Å². The Balaban J connectivity index is 1.57. The van der Waals surface area contributed by atoms with E-state index >= 15 is 0 Å². The van der Waals surface area contributed by atoms with Crippen LogP contribution >= 0.6 is 11.6 Å². The number of carbonyl (C=O) groups excluding carboxylic acids is 3. The Kier molecular flexibility index (Phi) is 4.79. The molecule has 1 saturated heterocycles. The normalized spacial score (nSPS) is 52.4. The van der Waals surface area contributed by atoms with Gasteiger partial charge in [0.2, 0.25) is 0 Å². The topological polar surface area (TPSA) is 73.0 Å². The molecule has 1 spiro atoms. The summed E-state index contributed by atoms with van der Waals surface area (Å²) in [6, 6.07) is 0. The predicted octanol–water partition coefficient (Wildman–Crippen LogP) is 4.48. The number of halogens is 1. The van der Waals surface area contributed by atoms with E-state index in [0.29, 0.717) is 36.9 Å². The van der Waals surface area contributed by atoms with Gasteiger partial charge in [-0.2, -0.15) is 0 Å². The second-order valence-corrected chi connectivity index (χ2v) is 11.7. The quantitative estimate of drug-likeness (QED) is 0.359. The first-order valence-corrected chi connectivity index (χ1v) is 12.6. The number of hydrogen-bond acceptors (Lipinski definition) is 5. The SMILES string of the molecule is CCC(=O)O[C@]1(C(=O)CCl)[C@H](C)C[C@H]2[C@@H]3CC[C@@H]4CC(=O)CC[C@]4(C)[C@]34OC4C[C@@]21C. The van der Waals surface area contributed by atoms with Crippen LogP contribution in [-0.2, 0) is 23.9 Å². The van der Waals surface area contributed by atoms with E-state index in [9.17, 15) is 14.4 Å². The molecule has 1 unspecified atom stereocenters. The fourth-order valence-electron chi connectivity index (χ4n) is 9.04. The van der Waals surface area contributed by atoms with Crippen molar-refractivity contribution in [3.63, 3.8) is 0 Å². The number of carbonyl (C=O) groups is 3. The molecular weight excluding hydrogens is 416 g/mol. The van der Waals surface area contributed by atoms with E-state index in [1.54, 1.807) is 6.92 Å². The highest BCUT2D eigenvalue weighted by molar-refractivity contribution is 6.29. The van der Waals surface area contributed by atoms with Crippen molar-refractivity contribution in [1.29, 1.82) is 0 Å². The van der Waals surface area contributed by atoms with Crippen LogP contribution in [-0.4, -0.2) is 40.7 Å². The molecule has 0 aromatic carbocycles. The molecule has 6 heteroatoms. The molecule has 0 bridgehead atoms. The molecule has 31 heavy (non-hydrogen) atoms. The van der Waals surface area contributed by atoms with Gasteiger partial charge in [-0.25, -0.2) is 0 Å². The lowest BCUT2D eigenvalue weighted by molar-refractivity contribution is -0.193. The number of hydrogen-bond donors (Lipinski definition) is 0. The summed E-state index contributed by atoms with van der Waals surface area (Å²) in [5.74, 6) is 0.650. The average Bonchev–Trinajstić information content (AvgIpc) is 3.41. The second-order valence-electron chi connectivity index (χ2n) is 11.4. The van der Waals surface area contributed by atoms with Gasteiger partial charge < -0.3 is 9.47 Å². The van der Waals surface area contributed by atoms with Crippen LogP contribution < -0.4 is 0 Å². The third-order valence-electron chi connectivity index (χ3n) is 10.5. The van der Waals surface area contributed by atoms with Crippen molar-refractivity contribution >= 4 is 29.1 Å². The number of ether oxygens (including phenoxy) is 2. The lowest BCUT2D eigenvalue weighted by atomic mass is 9.44. The number of Topliss-reactive ketones (excluding diaryl/α,β-unsaturated/α-hetero) is 2. The minimum atomic E-state index is -1.18. The molecule has 5 aliphatic rings. The molecule has 5 fully saturated rings. The number of rotatable bonds is 4. The largest absolute Gasteiger partial charge is 0.450 e. The standard InChI is InChI=1S/C25H35ClO5/c1-5-21(29)31-24(19(28)13-26)14(2)10-18-17-7-6-15-11-16(27)8-9-22(15,3)25(17)20(30-25)12-23(18,24)4/h14-15,17-18,20H,5-13H2,1-4H3/t14-,15-,17+,18+,20?,22+,23+,24+,25+/m1/s1. The van der Waals surface area contributed by atoms with Gasteiger partial charge in [-0.3, -0.25) is 14.4 Å². The van der Waals surface area contributed by atoms with Crippen LogP contribution in [0.5, 0.6) is 0 Å². The minimum absolute atomic E-state index is 0.0148.